The molecule has 2 atom stereocenters. The van der Waals surface area contributed by atoms with Crippen molar-refractivity contribution in [1.29, 1.82) is 0 Å². The molecule has 1 saturated heterocycles. The van der Waals surface area contributed by atoms with Crippen LogP contribution >= 0.6 is 0 Å². The van der Waals surface area contributed by atoms with Gasteiger partial charge in [-0.1, -0.05) is 12.1 Å². The van der Waals surface area contributed by atoms with Crippen molar-refractivity contribution in [3.05, 3.63) is 35.4 Å². The first kappa shape index (κ1) is 14.8. The normalized spacial score (nSPS) is 23.4. The highest BCUT2D eigenvalue weighted by molar-refractivity contribution is 5.75. The number of hydrogen-bond acceptors (Lipinski definition) is 3. The van der Waals surface area contributed by atoms with E-state index in [0.29, 0.717) is 13.0 Å². The highest BCUT2D eigenvalue weighted by Gasteiger charge is 2.31. The van der Waals surface area contributed by atoms with E-state index in [1.165, 1.54) is 19.2 Å². The Balaban J connectivity index is 1.99. The molecule has 3 nitrogen and oxygen atoms in total. The highest BCUT2D eigenvalue weighted by Crippen LogP contribution is 2.31. The van der Waals surface area contributed by atoms with Crippen LogP contribution in [0.2, 0.25) is 0 Å². The molecule has 0 unspecified atom stereocenters. The van der Waals surface area contributed by atoms with Gasteiger partial charge in [0.2, 0.25) is 0 Å². The number of piperidine rings is 1. The van der Waals surface area contributed by atoms with Gasteiger partial charge in [0.05, 0.1) is 12.7 Å². The van der Waals surface area contributed by atoms with Gasteiger partial charge >= 0.3 is 12.1 Å². The molecule has 0 aromatic heterocycles. The molecule has 0 spiro atoms. The van der Waals surface area contributed by atoms with Crippen molar-refractivity contribution in [2.24, 2.45) is 0 Å². The molecular weight excluding hydrogens is 271 g/mol. The number of methoxy groups -OCH3 is 1. The zero-order valence-electron chi connectivity index (χ0n) is 11.0. The summed E-state index contributed by atoms with van der Waals surface area (Å²) >= 11 is 0. The summed E-state index contributed by atoms with van der Waals surface area (Å²) in [6, 6.07) is 4.90. The largest absolute Gasteiger partial charge is 0.468 e. The van der Waals surface area contributed by atoms with Crippen molar-refractivity contribution in [3.8, 4) is 0 Å². The summed E-state index contributed by atoms with van der Waals surface area (Å²) in [4.78, 5) is 11.4. The molecular formula is C14H16F3NO2. The fourth-order valence-electron chi connectivity index (χ4n) is 2.43. The summed E-state index contributed by atoms with van der Waals surface area (Å²) in [5.74, 6) is -0.172. The van der Waals surface area contributed by atoms with E-state index >= 15 is 0 Å². The number of hydrogen-bond donors (Lipinski definition) is 1. The Labute approximate surface area is 115 Å². The Morgan fingerprint density at radius 2 is 1.90 bits per heavy atom. The third-order valence-electron chi connectivity index (χ3n) is 3.61. The van der Waals surface area contributed by atoms with Crippen molar-refractivity contribution in [3.63, 3.8) is 0 Å². The fourth-order valence-corrected chi connectivity index (χ4v) is 2.43. The van der Waals surface area contributed by atoms with Crippen LogP contribution in [0, 0.1) is 0 Å². The molecule has 0 saturated carbocycles. The van der Waals surface area contributed by atoms with Crippen LogP contribution in [0.3, 0.4) is 0 Å². The average Bonchev–Trinajstić information content (AvgIpc) is 2.46. The summed E-state index contributed by atoms with van der Waals surface area (Å²) in [6.07, 6.45) is -2.93. The van der Waals surface area contributed by atoms with Crippen LogP contribution in [-0.2, 0) is 15.7 Å². The molecule has 1 N–H and O–H groups in total. The van der Waals surface area contributed by atoms with Gasteiger partial charge in [-0.3, -0.25) is 4.79 Å². The van der Waals surface area contributed by atoms with Gasteiger partial charge in [0.15, 0.2) is 0 Å². The molecule has 0 amide bonds. The maximum Gasteiger partial charge on any atom is 0.416 e. The first-order chi connectivity index (χ1) is 9.41. The zero-order chi connectivity index (χ0) is 14.8. The molecule has 0 aliphatic carbocycles. The minimum absolute atomic E-state index is 0.123. The van der Waals surface area contributed by atoms with E-state index < -0.39 is 11.7 Å². The van der Waals surface area contributed by atoms with Crippen molar-refractivity contribution < 1.29 is 22.7 Å². The maximum atomic E-state index is 12.5. The first-order valence-electron chi connectivity index (χ1n) is 6.40. The van der Waals surface area contributed by atoms with Crippen LogP contribution in [0.4, 0.5) is 13.2 Å². The van der Waals surface area contributed by atoms with Gasteiger partial charge in [-0.05, 0) is 36.5 Å². The monoisotopic (exact) mass is 287 g/mol. The second kappa shape index (κ2) is 5.83. The SMILES string of the molecule is COC(=O)[C@@H]1CC[C@@H](c2ccc(C(F)(F)F)cc2)CN1. The molecule has 1 aromatic rings. The molecule has 20 heavy (non-hydrogen) atoms. The molecule has 1 aliphatic heterocycles. The summed E-state index contributed by atoms with van der Waals surface area (Å²) in [7, 11) is 1.34. The molecule has 1 aliphatic rings. The van der Waals surface area contributed by atoms with Gasteiger partial charge in [-0.15, -0.1) is 0 Å². The van der Waals surface area contributed by atoms with Crippen LogP contribution in [0.5, 0.6) is 0 Å². The van der Waals surface area contributed by atoms with Gasteiger partial charge in [-0.25, -0.2) is 0 Å². The van der Waals surface area contributed by atoms with Crippen molar-refractivity contribution >= 4 is 5.97 Å². The third-order valence-corrected chi connectivity index (χ3v) is 3.61. The number of ether oxygens (including phenoxy) is 1. The zero-order valence-corrected chi connectivity index (χ0v) is 11.0. The lowest BCUT2D eigenvalue weighted by molar-refractivity contribution is -0.143. The van der Waals surface area contributed by atoms with E-state index in [0.717, 1.165) is 24.1 Å². The molecule has 1 fully saturated rings. The third kappa shape index (κ3) is 3.30. The predicted molar refractivity (Wildman–Crippen MR) is 67.2 cm³/mol. The van der Waals surface area contributed by atoms with Crippen molar-refractivity contribution in [1.82, 2.24) is 5.32 Å². The van der Waals surface area contributed by atoms with Gasteiger partial charge < -0.3 is 10.1 Å². The molecule has 0 bridgehead atoms. The number of rotatable bonds is 2. The lowest BCUT2D eigenvalue weighted by Gasteiger charge is -2.28. The molecule has 2 rings (SSSR count). The molecule has 0 radical (unpaired) electrons. The smallest absolute Gasteiger partial charge is 0.416 e. The lowest BCUT2D eigenvalue weighted by Crippen LogP contribution is -2.43. The van der Waals surface area contributed by atoms with E-state index in [2.05, 4.69) is 10.1 Å². The second-order valence-electron chi connectivity index (χ2n) is 4.88. The minimum atomic E-state index is -4.31. The number of halogens is 3. The lowest BCUT2D eigenvalue weighted by atomic mass is 9.88. The molecule has 6 heteroatoms. The van der Waals surface area contributed by atoms with Crippen LogP contribution in [-0.4, -0.2) is 25.7 Å². The Morgan fingerprint density at radius 1 is 1.25 bits per heavy atom. The van der Waals surface area contributed by atoms with Gasteiger partial charge in [0.1, 0.15) is 6.04 Å². The Hall–Kier alpha value is -1.56. The highest BCUT2D eigenvalue weighted by atomic mass is 19.4. The first-order valence-corrected chi connectivity index (χ1v) is 6.40. The van der Waals surface area contributed by atoms with Crippen LogP contribution < -0.4 is 5.32 Å². The number of esters is 1. The number of carbonyl (C=O) groups is 1. The standard InChI is InChI=1S/C14H16F3NO2/c1-20-13(19)12-7-4-10(8-18-12)9-2-5-11(6-3-9)14(15,16)17/h2-3,5-6,10,12,18H,4,7-8H2,1H3/t10-,12+/m1/s1. The summed E-state index contributed by atoms with van der Waals surface area (Å²) in [5, 5.41) is 3.07. The van der Waals surface area contributed by atoms with E-state index in [4.69, 9.17) is 0 Å². The minimum Gasteiger partial charge on any atom is -0.468 e. The maximum absolute atomic E-state index is 12.5. The summed E-state index contributed by atoms with van der Waals surface area (Å²) in [5.41, 5.74) is 0.214. The molecule has 110 valence electrons. The van der Waals surface area contributed by atoms with Crippen LogP contribution in [0.1, 0.15) is 29.9 Å². The van der Waals surface area contributed by atoms with Crippen LogP contribution in [0.15, 0.2) is 24.3 Å². The second-order valence-corrected chi connectivity index (χ2v) is 4.88. The number of alkyl halides is 3. The number of benzene rings is 1. The number of carbonyl (C=O) groups excluding carboxylic acids is 1. The van der Waals surface area contributed by atoms with Gasteiger partial charge in [-0.2, -0.15) is 13.2 Å². The molecule has 1 aromatic carbocycles. The van der Waals surface area contributed by atoms with E-state index in [-0.39, 0.29) is 17.9 Å². The topological polar surface area (TPSA) is 38.3 Å². The number of nitrogens with one attached hydrogen (secondary N) is 1. The Kier molecular flexibility index (Phi) is 4.32. The Morgan fingerprint density at radius 3 is 2.35 bits per heavy atom. The van der Waals surface area contributed by atoms with E-state index in [1.54, 1.807) is 0 Å². The predicted octanol–water partition coefficient (Wildman–Crippen LogP) is 2.71. The fraction of sp³-hybridized carbons (Fsp3) is 0.500. The Bertz CT molecular complexity index is 462. The van der Waals surface area contributed by atoms with Crippen molar-refractivity contribution in [2.75, 3.05) is 13.7 Å². The van der Waals surface area contributed by atoms with Gasteiger partial charge in [0.25, 0.3) is 0 Å². The van der Waals surface area contributed by atoms with E-state index in [1.807, 2.05) is 0 Å². The van der Waals surface area contributed by atoms with Crippen molar-refractivity contribution in [2.45, 2.75) is 31.0 Å². The summed E-state index contributed by atoms with van der Waals surface area (Å²) in [6.45, 7) is 0.561. The van der Waals surface area contributed by atoms with Crippen LogP contribution in [0.25, 0.3) is 0 Å². The van der Waals surface area contributed by atoms with E-state index in [9.17, 15) is 18.0 Å². The van der Waals surface area contributed by atoms with Gasteiger partial charge in [0, 0.05) is 6.54 Å². The summed E-state index contributed by atoms with van der Waals surface area (Å²) < 4.78 is 42.1. The molecule has 1 heterocycles. The average molecular weight is 287 g/mol. The quantitative estimate of drug-likeness (QED) is 0.850.